The minimum absolute atomic E-state index is 0.0129. The maximum atomic E-state index is 11.6. The van der Waals surface area contributed by atoms with Crippen LogP contribution in [0.15, 0.2) is 16.6 Å². The van der Waals surface area contributed by atoms with Gasteiger partial charge in [0.05, 0.1) is 5.69 Å². The zero-order valence-electron chi connectivity index (χ0n) is 9.80. The molecule has 0 radical (unpaired) electrons. The first-order chi connectivity index (χ1) is 7.40. The fourth-order valence-corrected chi connectivity index (χ4v) is 1.91. The quantitative estimate of drug-likeness (QED) is 0.837. The normalized spacial score (nSPS) is 10.6. The molecule has 0 heterocycles. The number of rotatable bonds is 3. The lowest BCUT2D eigenvalue weighted by Gasteiger charge is -2.11. The number of carbonyl (C=O) groups excluding carboxylic acids is 1. The number of anilines is 2. The highest BCUT2D eigenvalue weighted by Gasteiger charge is 2.09. The van der Waals surface area contributed by atoms with Gasteiger partial charge < -0.3 is 11.1 Å². The van der Waals surface area contributed by atoms with Crippen molar-refractivity contribution in [2.45, 2.75) is 27.2 Å². The van der Waals surface area contributed by atoms with Crippen LogP contribution in [0.1, 0.15) is 25.8 Å². The van der Waals surface area contributed by atoms with E-state index in [0.717, 1.165) is 15.7 Å². The molecule has 16 heavy (non-hydrogen) atoms. The summed E-state index contributed by atoms with van der Waals surface area (Å²) in [4.78, 5) is 11.6. The van der Waals surface area contributed by atoms with Gasteiger partial charge in [-0.15, -0.1) is 0 Å². The topological polar surface area (TPSA) is 55.1 Å². The Kier molecular flexibility index (Phi) is 4.35. The molecule has 0 aliphatic heterocycles. The summed E-state index contributed by atoms with van der Waals surface area (Å²) in [6, 6.07) is 3.68. The maximum Gasteiger partial charge on any atom is 0.224 e. The Morgan fingerprint density at radius 3 is 2.69 bits per heavy atom. The second-order valence-electron chi connectivity index (χ2n) is 4.33. The summed E-state index contributed by atoms with van der Waals surface area (Å²) >= 11 is 3.41. The Hall–Kier alpha value is -1.03. The lowest BCUT2D eigenvalue weighted by atomic mass is 10.1. The van der Waals surface area contributed by atoms with Crippen LogP contribution in [0.4, 0.5) is 11.4 Å². The Labute approximate surface area is 105 Å². The highest BCUT2D eigenvalue weighted by Crippen LogP contribution is 2.27. The van der Waals surface area contributed by atoms with Crippen LogP contribution in [0.3, 0.4) is 0 Å². The van der Waals surface area contributed by atoms with Crippen LogP contribution in [0.5, 0.6) is 0 Å². The molecule has 3 N–H and O–H groups in total. The standard InChI is InChI=1S/C12H17BrN2O/c1-7(2)4-12(16)15-11-6-10(14)8(3)5-9(11)13/h5-7H,4,14H2,1-3H3,(H,15,16). The molecule has 0 spiro atoms. The van der Waals surface area contributed by atoms with Gasteiger partial charge in [-0.2, -0.15) is 0 Å². The number of nitrogens with one attached hydrogen (secondary N) is 1. The highest BCUT2D eigenvalue weighted by molar-refractivity contribution is 9.10. The van der Waals surface area contributed by atoms with E-state index < -0.39 is 0 Å². The van der Waals surface area contributed by atoms with Gasteiger partial charge in [0.2, 0.25) is 5.91 Å². The van der Waals surface area contributed by atoms with Crippen LogP contribution >= 0.6 is 15.9 Å². The Balaban J connectivity index is 2.81. The number of carbonyl (C=O) groups is 1. The lowest BCUT2D eigenvalue weighted by molar-refractivity contribution is -0.116. The summed E-state index contributed by atoms with van der Waals surface area (Å²) in [7, 11) is 0. The van der Waals surface area contributed by atoms with E-state index in [4.69, 9.17) is 5.73 Å². The minimum atomic E-state index is 0.0129. The van der Waals surface area contributed by atoms with Gasteiger partial charge in [0.15, 0.2) is 0 Å². The van der Waals surface area contributed by atoms with Crippen molar-refractivity contribution in [2.24, 2.45) is 5.92 Å². The van der Waals surface area contributed by atoms with Gasteiger partial charge in [-0.1, -0.05) is 13.8 Å². The minimum Gasteiger partial charge on any atom is -0.398 e. The molecule has 0 aromatic heterocycles. The van der Waals surface area contributed by atoms with E-state index in [9.17, 15) is 4.79 Å². The molecule has 1 amide bonds. The zero-order valence-corrected chi connectivity index (χ0v) is 11.4. The van der Waals surface area contributed by atoms with Crippen molar-refractivity contribution in [3.63, 3.8) is 0 Å². The number of nitrogen functional groups attached to an aromatic ring is 1. The predicted octanol–water partition coefficient (Wildman–Crippen LogP) is 3.32. The van der Waals surface area contributed by atoms with E-state index in [-0.39, 0.29) is 5.91 Å². The third-order valence-electron chi connectivity index (χ3n) is 2.22. The van der Waals surface area contributed by atoms with Crippen molar-refractivity contribution in [1.82, 2.24) is 0 Å². The average molecular weight is 285 g/mol. The molecule has 0 saturated carbocycles. The van der Waals surface area contributed by atoms with Crippen molar-refractivity contribution in [3.05, 3.63) is 22.2 Å². The number of amides is 1. The molecule has 0 fully saturated rings. The van der Waals surface area contributed by atoms with E-state index in [1.807, 2.05) is 26.8 Å². The molecular weight excluding hydrogens is 268 g/mol. The number of hydrogen-bond acceptors (Lipinski definition) is 2. The molecule has 0 bridgehead atoms. The molecule has 4 heteroatoms. The third-order valence-corrected chi connectivity index (χ3v) is 2.88. The van der Waals surface area contributed by atoms with Crippen molar-refractivity contribution < 1.29 is 4.79 Å². The van der Waals surface area contributed by atoms with Crippen LogP contribution in [-0.2, 0) is 4.79 Å². The molecular formula is C12H17BrN2O. The van der Waals surface area contributed by atoms with Crippen molar-refractivity contribution >= 4 is 33.2 Å². The zero-order chi connectivity index (χ0) is 12.3. The SMILES string of the molecule is Cc1cc(Br)c(NC(=O)CC(C)C)cc1N. The van der Waals surface area contributed by atoms with Gasteiger partial charge in [0.25, 0.3) is 0 Å². The number of hydrogen-bond donors (Lipinski definition) is 2. The van der Waals surface area contributed by atoms with Crippen LogP contribution in [-0.4, -0.2) is 5.91 Å². The second kappa shape index (κ2) is 5.34. The summed E-state index contributed by atoms with van der Waals surface area (Å²) in [6.07, 6.45) is 0.514. The molecule has 0 aliphatic carbocycles. The molecule has 0 saturated heterocycles. The van der Waals surface area contributed by atoms with E-state index in [1.54, 1.807) is 6.07 Å². The van der Waals surface area contributed by atoms with E-state index >= 15 is 0 Å². The molecule has 0 unspecified atom stereocenters. The lowest BCUT2D eigenvalue weighted by Crippen LogP contribution is -2.14. The summed E-state index contributed by atoms with van der Waals surface area (Å²) < 4.78 is 0.858. The molecule has 1 rings (SSSR count). The Morgan fingerprint density at radius 1 is 1.50 bits per heavy atom. The summed E-state index contributed by atoms with van der Waals surface area (Å²) in [5, 5.41) is 2.84. The molecule has 1 aromatic carbocycles. The predicted molar refractivity (Wildman–Crippen MR) is 71.4 cm³/mol. The van der Waals surface area contributed by atoms with Crippen LogP contribution in [0.2, 0.25) is 0 Å². The van der Waals surface area contributed by atoms with Crippen LogP contribution < -0.4 is 11.1 Å². The first-order valence-electron chi connectivity index (χ1n) is 5.25. The number of aryl methyl sites for hydroxylation is 1. The summed E-state index contributed by atoms with van der Waals surface area (Å²) in [5.41, 5.74) is 8.20. The summed E-state index contributed by atoms with van der Waals surface area (Å²) in [5.74, 6) is 0.362. The largest absolute Gasteiger partial charge is 0.398 e. The van der Waals surface area contributed by atoms with Crippen molar-refractivity contribution in [1.29, 1.82) is 0 Å². The number of benzene rings is 1. The Morgan fingerprint density at radius 2 is 2.12 bits per heavy atom. The van der Waals surface area contributed by atoms with Crippen LogP contribution in [0.25, 0.3) is 0 Å². The van der Waals surface area contributed by atoms with Gasteiger partial charge in [-0.25, -0.2) is 0 Å². The highest BCUT2D eigenvalue weighted by atomic mass is 79.9. The first kappa shape index (κ1) is 13.0. The molecule has 0 aliphatic rings. The smallest absolute Gasteiger partial charge is 0.224 e. The Bertz CT molecular complexity index is 402. The molecule has 1 aromatic rings. The monoisotopic (exact) mass is 284 g/mol. The molecule has 88 valence electrons. The van der Waals surface area contributed by atoms with E-state index in [2.05, 4.69) is 21.2 Å². The number of halogens is 1. The maximum absolute atomic E-state index is 11.6. The number of nitrogens with two attached hydrogens (primary N) is 1. The van der Waals surface area contributed by atoms with Crippen LogP contribution in [0, 0.1) is 12.8 Å². The van der Waals surface area contributed by atoms with Gasteiger partial charge in [0.1, 0.15) is 0 Å². The average Bonchev–Trinajstić information content (AvgIpc) is 2.12. The van der Waals surface area contributed by atoms with E-state index in [1.165, 1.54) is 0 Å². The molecule has 3 nitrogen and oxygen atoms in total. The van der Waals surface area contributed by atoms with Gasteiger partial charge in [-0.05, 0) is 46.5 Å². The van der Waals surface area contributed by atoms with Gasteiger partial charge in [-0.3, -0.25) is 4.79 Å². The van der Waals surface area contributed by atoms with Crippen molar-refractivity contribution in [3.8, 4) is 0 Å². The molecule has 0 atom stereocenters. The van der Waals surface area contributed by atoms with E-state index in [0.29, 0.717) is 18.0 Å². The fourth-order valence-electron chi connectivity index (χ4n) is 1.36. The van der Waals surface area contributed by atoms with Gasteiger partial charge >= 0.3 is 0 Å². The van der Waals surface area contributed by atoms with Gasteiger partial charge in [0, 0.05) is 16.6 Å². The second-order valence-corrected chi connectivity index (χ2v) is 5.19. The third kappa shape index (κ3) is 3.52. The summed E-state index contributed by atoms with van der Waals surface area (Å²) in [6.45, 7) is 5.95. The van der Waals surface area contributed by atoms with Crippen molar-refractivity contribution in [2.75, 3.05) is 11.1 Å². The fraction of sp³-hybridized carbons (Fsp3) is 0.417. The first-order valence-corrected chi connectivity index (χ1v) is 6.05.